The minimum Gasteiger partial charge on any atom is -0.395 e. The van der Waals surface area contributed by atoms with Crippen molar-refractivity contribution in [2.24, 2.45) is 0 Å². The first kappa shape index (κ1) is 16.2. The number of aliphatic hydroxyl groups is 1. The van der Waals surface area contributed by atoms with Crippen molar-refractivity contribution in [2.45, 2.75) is 13.0 Å². The van der Waals surface area contributed by atoms with Gasteiger partial charge in [0.1, 0.15) is 0 Å². The normalized spacial score (nSPS) is 12.5. The number of aliphatic hydroxyl groups excluding tert-OH is 1. The van der Waals surface area contributed by atoms with E-state index in [1.54, 1.807) is 30.1 Å². The molecule has 0 aliphatic rings. The number of halogens is 2. The van der Waals surface area contributed by atoms with E-state index < -0.39 is 0 Å². The quantitative estimate of drug-likeness (QED) is 0.846. The van der Waals surface area contributed by atoms with Crippen LogP contribution in [0.1, 0.15) is 18.5 Å². The van der Waals surface area contributed by atoms with Crippen LogP contribution in [-0.2, 0) is 4.79 Å². The second-order valence-corrected chi connectivity index (χ2v) is 5.26. The summed E-state index contributed by atoms with van der Waals surface area (Å²) in [5.41, 5.74) is 0.823. The fourth-order valence-corrected chi connectivity index (χ4v) is 2.28. The monoisotopic (exact) mass is 304 g/mol. The summed E-state index contributed by atoms with van der Waals surface area (Å²) in [7, 11) is 1.77. The van der Waals surface area contributed by atoms with Crippen LogP contribution in [0.4, 0.5) is 0 Å². The van der Waals surface area contributed by atoms with Gasteiger partial charge in [-0.3, -0.25) is 9.69 Å². The van der Waals surface area contributed by atoms with Gasteiger partial charge in [0.15, 0.2) is 0 Å². The lowest BCUT2D eigenvalue weighted by Gasteiger charge is -2.19. The third-order valence-corrected chi connectivity index (χ3v) is 3.26. The number of rotatable bonds is 6. The van der Waals surface area contributed by atoms with E-state index in [1.165, 1.54) is 0 Å². The van der Waals surface area contributed by atoms with Crippen molar-refractivity contribution in [2.75, 3.05) is 26.7 Å². The van der Waals surface area contributed by atoms with Crippen molar-refractivity contribution in [3.05, 3.63) is 33.8 Å². The SMILES string of the molecule is CC(NC(=O)CN(C)CCO)c1ccc(Cl)cc1Cl. The van der Waals surface area contributed by atoms with Gasteiger partial charge in [-0.05, 0) is 31.7 Å². The van der Waals surface area contributed by atoms with Crippen molar-refractivity contribution in [1.29, 1.82) is 0 Å². The molecule has 0 aliphatic heterocycles. The average Bonchev–Trinajstić information content (AvgIpc) is 2.28. The lowest BCUT2D eigenvalue weighted by molar-refractivity contribution is -0.122. The Morgan fingerprint density at radius 1 is 1.47 bits per heavy atom. The summed E-state index contributed by atoms with van der Waals surface area (Å²) in [5, 5.41) is 12.7. The molecule has 1 aromatic carbocycles. The molecule has 1 atom stereocenters. The van der Waals surface area contributed by atoms with Crippen LogP contribution in [0.15, 0.2) is 18.2 Å². The molecule has 0 saturated heterocycles. The summed E-state index contributed by atoms with van der Waals surface area (Å²) in [6.07, 6.45) is 0. The maximum absolute atomic E-state index is 11.8. The molecule has 1 rings (SSSR count). The molecule has 0 aromatic heterocycles. The molecule has 0 spiro atoms. The Hall–Kier alpha value is -0.810. The number of carbonyl (C=O) groups excluding carboxylic acids is 1. The fraction of sp³-hybridized carbons (Fsp3) is 0.462. The molecule has 1 amide bonds. The second-order valence-electron chi connectivity index (χ2n) is 4.42. The van der Waals surface area contributed by atoms with E-state index in [4.69, 9.17) is 28.3 Å². The van der Waals surface area contributed by atoms with Crippen molar-refractivity contribution in [1.82, 2.24) is 10.2 Å². The van der Waals surface area contributed by atoms with Crippen LogP contribution in [0.3, 0.4) is 0 Å². The third-order valence-electron chi connectivity index (χ3n) is 2.70. The molecule has 1 aromatic rings. The van der Waals surface area contributed by atoms with Crippen LogP contribution in [0.2, 0.25) is 10.0 Å². The van der Waals surface area contributed by atoms with Crippen LogP contribution in [0, 0.1) is 0 Å². The van der Waals surface area contributed by atoms with Gasteiger partial charge < -0.3 is 10.4 Å². The van der Waals surface area contributed by atoms with Gasteiger partial charge in [0, 0.05) is 16.6 Å². The van der Waals surface area contributed by atoms with Crippen molar-refractivity contribution >= 4 is 29.1 Å². The number of nitrogens with zero attached hydrogens (tertiary/aromatic N) is 1. The smallest absolute Gasteiger partial charge is 0.234 e. The molecule has 4 nitrogen and oxygen atoms in total. The highest BCUT2D eigenvalue weighted by Gasteiger charge is 2.14. The van der Waals surface area contributed by atoms with E-state index in [-0.39, 0.29) is 25.1 Å². The Balaban J connectivity index is 2.59. The molecule has 0 saturated carbocycles. The zero-order valence-corrected chi connectivity index (χ0v) is 12.5. The number of nitrogens with one attached hydrogen (secondary N) is 1. The molecule has 19 heavy (non-hydrogen) atoms. The fourth-order valence-electron chi connectivity index (χ4n) is 1.71. The largest absolute Gasteiger partial charge is 0.395 e. The lowest BCUT2D eigenvalue weighted by atomic mass is 10.1. The number of benzene rings is 1. The van der Waals surface area contributed by atoms with Gasteiger partial charge in [-0.1, -0.05) is 29.3 Å². The summed E-state index contributed by atoms with van der Waals surface area (Å²) in [6, 6.07) is 5.00. The predicted octanol–water partition coefficient (Wildman–Crippen LogP) is 2.09. The van der Waals surface area contributed by atoms with Gasteiger partial charge >= 0.3 is 0 Å². The van der Waals surface area contributed by atoms with Crippen molar-refractivity contribution in [3.8, 4) is 0 Å². The van der Waals surface area contributed by atoms with Gasteiger partial charge in [-0.2, -0.15) is 0 Å². The highest BCUT2D eigenvalue weighted by Crippen LogP contribution is 2.25. The van der Waals surface area contributed by atoms with Crippen LogP contribution < -0.4 is 5.32 Å². The van der Waals surface area contributed by atoms with Crippen molar-refractivity contribution in [3.63, 3.8) is 0 Å². The number of carbonyl (C=O) groups is 1. The molecule has 1 unspecified atom stereocenters. The molecule has 2 N–H and O–H groups in total. The zero-order valence-electron chi connectivity index (χ0n) is 11.0. The van der Waals surface area contributed by atoms with E-state index in [9.17, 15) is 4.79 Å². The lowest BCUT2D eigenvalue weighted by Crippen LogP contribution is -2.37. The first-order valence-corrected chi connectivity index (χ1v) is 6.73. The summed E-state index contributed by atoms with van der Waals surface area (Å²) in [5.74, 6) is -0.116. The second kappa shape index (κ2) is 7.70. The Kier molecular flexibility index (Phi) is 6.58. The molecular formula is C13H18Cl2N2O2. The molecule has 106 valence electrons. The summed E-state index contributed by atoms with van der Waals surface area (Å²) in [6.45, 7) is 2.58. The molecule has 6 heteroatoms. The third kappa shape index (κ3) is 5.37. The van der Waals surface area contributed by atoms with Gasteiger partial charge in [0.25, 0.3) is 0 Å². The number of hydrogen-bond donors (Lipinski definition) is 2. The number of amides is 1. The summed E-state index contributed by atoms with van der Waals surface area (Å²) < 4.78 is 0. The highest BCUT2D eigenvalue weighted by molar-refractivity contribution is 6.35. The van der Waals surface area contributed by atoms with E-state index in [2.05, 4.69) is 5.32 Å². The summed E-state index contributed by atoms with van der Waals surface area (Å²) >= 11 is 11.9. The van der Waals surface area contributed by atoms with Crippen LogP contribution in [-0.4, -0.2) is 42.7 Å². The molecular weight excluding hydrogens is 287 g/mol. The Labute approximate surface area is 123 Å². The van der Waals surface area contributed by atoms with Crippen LogP contribution in [0.5, 0.6) is 0 Å². The highest BCUT2D eigenvalue weighted by atomic mass is 35.5. The van der Waals surface area contributed by atoms with E-state index in [1.807, 2.05) is 6.92 Å². The standard InChI is InChI=1S/C13H18Cl2N2O2/c1-9(11-4-3-10(14)7-12(11)15)16-13(19)8-17(2)5-6-18/h3-4,7,9,18H,5-6,8H2,1-2H3,(H,16,19). The first-order valence-electron chi connectivity index (χ1n) is 5.97. The van der Waals surface area contributed by atoms with Gasteiger partial charge in [-0.25, -0.2) is 0 Å². The van der Waals surface area contributed by atoms with Crippen LogP contribution >= 0.6 is 23.2 Å². The first-order chi connectivity index (χ1) is 8.93. The minimum absolute atomic E-state index is 0.0301. The van der Waals surface area contributed by atoms with E-state index in [0.29, 0.717) is 16.6 Å². The van der Waals surface area contributed by atoms with Gasteiger partial charge in [-0.15, -0.1) is 0 Å². The maximum Gasteiger partial charge on any atom is 0.234 e. The molecule has 0 fully saturated rings. The number of hydrogen-bond acceptors (Lipinski definition) is 3. The summed E-state index contributed by atoms with van der Waals surface area (Å²) in [4.78, 5) is 13.5. The topological polar surface area (TPSA) is 52.6 Å². The zero-order chi connectivity index (χ0) is 14.4. The van der Waals surface area contributed by atoms with Crippen molar-refractivity contribution < 1.29 is 9.90 Å². The molecule has 0 heterocycles. The van der Waals surface area contributed by atoms with Gasteiger partial charge in [0.05, 0.1) is 19.2 Å². The Bertz CT molecular complexity index is 441. The minimum atomic E-state index is -0.195. The van der Waals surface area contributed by atoms with E-state index >= 15 is 0 Å². The maximum atomic E-state index is 11.8. The van der Waals surface area contributed by atoms with Crippen LogP contribution in [0.25, 0.3) is 0 Å². The van der Waals surface area contributed by atoms with Gasteiger partial charge in [0.2, 0.25) is 5.91 Å². The Morgan fingerprint density at radius 3 is 2.74 bits per heavy atom. The molecule has 0 aliphatic carbocycles. The molecule has 0 radical (unpaired) electrons. The van der Waals surface area contributed by atoms with E-state index in [0.717, 1.165) is 5.56 Å². The number of likely N-dealkylation sites (N-methyl/N-ethyl adjacent to an activating group) is 1. The molecule has 0 bridgehead atoms. The average molecular weight is 305 g/mol. The predicted molar refractivity (Wildman–Crippen MR) is 77.6 cm³/mol. The Morgan fingerprint density at radius 2 is 2.16 bits per heavy atom.